The van der Waals surface area contributed by atoms with Crippen LogP contribution in [0.25, 0.3) is 0 Å². The summed E-state index contributed by atoms with van der Waals surface area (Å²) in [5.41, 5.74) is 0.387. The van der Waals surface area contributed by atoms with Gasteiger partial charge in [-0.3, -0.25) is 4.79 Å². The fourth-order valence-electron chi connectivity index (χ4n) is 2.01. The van der Waals surface area contributed by atoms with Gasteiger partial charge in [-0.25, -0.2) is 8.78 Å². The van der Waals surface area contributed by atoms with Crippen molar-refractivity contribution >= 4 is 5.91 Å². The minimum Gasteiger partial charge on any atom is -0.335 e. The van der Waals surface area contributed by atoms with Gasteiger partial charge in [0.25, 0.3) is 5.91 Å². The summed E-state index contributed by atoms with van der Waals surface area (Å²) in [7, 11) is 1.53. The van der Waals surface area contributed by atoms with Crippen LogP contribution in [-0.2, 0) is 0 Å². The molecule has 2 aromatic carbocycles. The zero-order valence-electron chi connectivity index (χ0n) is 11.3. The summed E-state index contributed by atoms with van der Waals surface area (Å²) in [6.45, 7) is 1.81. The van der Waals surface area contributed by atoms with Crippen molar-refractivity contribution in [2.24, 2.45) is 0 Å². The molecule has 0 saturated carbocycles. The van der Waals surface area contributed by atoms with Gasteiger partial charge in [-0.15, -0.1) is 0 Å². The van der Waals surface area contributed by atoms with Crippen LogP contribution in [-0.4, -0.2) is 17.9 Å². The average molecular weight is 275 g/mol. The van der Waals surface area contributed by atoms with E-state index in [9.17, 15) is 13.6 Å². The molecule has 0 saturated heterocycles. The van der Waals surface area contributed by atoms with Crippen molar-refractivity contribution in [2.45, 2.75) is 13.0 Å². The van der Waals surface area contributed by atoms with Crippen LogP contribution in [0.15, 0.2) is 48.5 Å². The fourth-order valence-corrected chi connectivity index (χ4v) is 2.01. The molecule has 2 nitrogen and oxygen atoms in total. The van der Waals surface area contributed by atoms with Crippen molar-refractivity contribution < 1.29 is 13.6 Å². The number of carbonyl (C=O) groups excluding carboxylic acids is 1. The average Bonchev–Trinajstić information content (AvgIpc) is 2.46. The highest BCUT2D eigenvalue weighted by atomic mass is 19.1. The molecule has 0 aliphatic rings. The summed E-state index contributed by atoms with van der Waals surface area (Å²) in [5.74, 6) is -2.36. The Kier molecular flexibility index (Phi) is 4.13. The maximum absolute atomic E-state index is 13.6. The van der Waals surface area contributed by atoms with E-state index in [0.717, 1.165) is 17.7 Å². The monoisotopic (exact) mass is 275 g/mol. The van der Waals surface area contributed by atoms with Gasteiger partial charge in [0.2, 0.25) is 0 Å². The Morgan fingerprint density at radius 2 is 1.55 bits per heavy atom. The minimum atomic E-state index is -0.845. The lowest BCUT2D eigenvalue weighted by atomic mass is 10.1. The lowest BCUT2D eigenvalue weighted by molar-refractivity contribution is 0.0732. The number of rotatable bonds is 3. The van der Waals surface area contributed by atoms with Crippen molar-refractivity contribution in [3.8, 4) is 0 Å². The van der Waals surface area contributed by atoms with Gasteiger partial charge in [-0.1, -0.05) is 36.4 Å². The third-order valence-electron chi connectivity index (χ3n) is 3.36. The summed E-state index contributed by atoms with van der Waals surface area (Å²) in [6, 6.07) is 12.4. The lowest BCUT2D eigenvalue weighted by Crippen LogP contribution is -2.31. The van der Waals surface area contributed by atoms with Crippen LogP contribution in [0, 0.1) is 11.6 Å². The van der Waals surface area contributed by atoms with E-state index in [2.05, 4.69) is 0 Å². The van der Waals surface area contributed by atoms with Gasteiger partial charge >= 0.3 is 0 Å². The Morgan fingerprint density at radius 1 is 1.00 bits per heavy atom. The van der Waals surface area contributed by atoms with Crippen molar-refractivity contribution in [2.75, 3.05) is 7.05 Å². The van der Waals surface area contributed by atoms with Gasteiger partial charge in [0, 0.05) is 7.05 Å². The van der Waals surface area contributed by atoms with Crippen LogP contribution in [0.5, 0.6) is 0 Å². The largest absolute Gasteiger partial charge is 0.335 e. The molecule has 1 amide bonds. The molecule has 0 spiro atoms. The molecule has 20 heavy (non-hydrogen) atoms. The summed E-state index contributed by atoms with van der Waals surface area (Å²) in [6.07, 6.45) is 0. The van der Waals surface area contributed by atoms with E-state index in [0.29, 0.717) is 0 Å². The van der Waals surface area contributed by atoms with E-state index in [1.54, 1.807) is 0 Å². The highest BCUT2D eigenvalue weighted by Gasteiger charge is 2.24. The van der Waals surface area contributed by atoms with Crippen molar-refractivity contribution in [3.05, 3.63) is 71.3 Å². The van der Waals surface area contributed by atoms with Gasteiger partial charge in [0.15, 0.2) is 0 Å². The molecule has 0 aromatic heterocycles. The minimum absolute atomic E-state index is 0.275. The number of benzene rings is 2. The first-order valence-corrected chi connectivity index (χ1v) is 6.28. The maximum Gasteiger partial charge on any atom is 0.260 e. The first-order chi connectivity index (χ1) is 9.52. The molecular formula is C16H15F2NO. The van der Waals surface area contributed by atoms with Crippen LogP contribution in [0.2, 0.25) is 0 Å². The molecular weight excluding hydrogens is 260 g/mol. The molecule has 0 aliphatic carbocycles. The Morgan fingerprint density at radius 3 is 2.10 bits per heavy atom. The Labute approximate surface area is 116 Å². The van der Waals surface area contributed by atoms with Gasteiger partial charge in [0.1, 0.15) is 17.2 Å². The molecule has 1 unspecified atom stereocenters. The van der Waals surface area contributed by atoms with Crippen LogP contribution >= 0.6 is 0 Å². The third kappa shape index (κ3) is 2.69. The molecule has 1 atom stereocenters. The third-order valence-corrected chi connectivity index (χ3v) is 3.36. The SMILES string of the molecule is CC(c1ccccc1)N(C)C(=O)c1c(F)cccc1F. The second-order valence-electron chi connectivity index (χ2n) is 4.60. The van der Waals surface area contributed by atoms with Crippen LogP contribution in [0.3, 0.4) is 0 Å². The van der Waals surface area contributed by atoms with Gasteiger partial charge in [-0.2, -0.15) is 0 Å². The normalized spacial score (nSPS) is 12.0. The van der Waals surface area contributed by atoms with E-state index in [4.69, 9.17) is 0 Å². The van der Waals surface area contributed by atoms with Gasteiger partial charge in [-0.05, 0) is 24.6 Å². The number of hydrogen-bond acceptors (Lipinski definition) is 1. The standard InChI is InChI=1S/C16H15F2NO/c1-11(12-7-4-3-5-8-12)19(2)16(20)15-13(17)9-6-10-14(15)18/h3-11H,1-2H3. The van der Waals surface area contributed by atoms with Gasteiger partial charge in [0.05, 0.1) is 6.04 Å². The highest BCUT2D eigenvalue weighted by molar-refractivity contribution is 5.94. The molecule has 0 fully saturated rings. The predicted octanol–water partition coefficient (Wildman–Crippen LogP) is 3.80. The first-order valence-electron chi connectivity index (χ1n) is 6.28. The second kappa shape index (κ2) is 5.82. The molecule has 0 aliphatic heterocycles. The maximum atomic E-state index is 13.6. The van der Waals surface area contributed by atoms with Gasteiger partial charge < -0.3 is 4.90 Å². The smallest absolute Gasteiger partial charge is 0.260 e. The van der Waals surface area contributed by atoms with Crippen molar-refractivity contribution in [1.29, 1.82) is 0 Å². The van der Waals surface area contributed by atoms with E-state index in [1.165, 1.54) is 18.0 Å². The number of carbonyl (C=O) groups is 1. The molecule has 4 heteroatoms. The Balaban J connectivity index is 2.29. The Hall–Kier alpha value is -2.23. The number of amides is 1. The molecule has 104 valence electrons. The van der Waals surface area contributed by atoms with E-state index >= 15 is 0 Å². The summed E-state index contributed by atoms with van der Waals surface area (Å²) >= 11 is 0. The fraction of sp³-hybridized carbons (Fsp3) is 0.188. The zero-order valence-corrected chi connectivity index (χ0v) is 11.3. The molecule has 2 rings (SSSR count). The summed E-state index contributed by atoms with van der Waals surface area (Å²) < 4.78 is 27.3. The first kappa shape index (κ1) is 14.2. The molecule has 0 bridgehead atoms. The predicted molar refractivity (Wildman–Crippen MR) is 73.3 cm³/mol. The zero-order chi connectivity index (χ0) is 14.7. The highest BCUT2D eigenvalue weighted by Crippen LogP contribution is 2.22. The molecule has 0 heterocycles. The molecule has 0 radical (unpaired) electrons. The number of halogens is 2. The summed E-state index contributed by atoms with van der Waals surface area (Å²) in [4.78, 5) is 13.6. The number of nitrogens with zero attached hydrogens (tertiary/aromatic N) is 1. The van der Waals surface area contributed by atoms with E-state index < -0.39 is 23.1 Å². The van der Waals surface area contributed by atoms with Crippen LogP contribution in [0.4, 0.5) is 8.78 Å². The van der Waals surface area contributed by atoms with Crippen molar-refractivity contribution in [3.63, 3.8) is 0 Å². The Bertz CT molecular complexity index is 593. The molecule has 2 aromatic rings. The topological polar surface area (TPSA) is 20.3 Å². The van der Waals surface area contributed by atoms with Crippen LogP contribution < -0.4 is 0 Å². The van der Waals surface area contributed by atoms with Crippen LogP contribution in [0.1, 0.15) is 28.9 Å². The van der Waals surface area contributed by atoms with E-state index in [-0.39, 0.29) is 6.04 Å². The molecule has 0 N–H and O–H groups in total. The quantitative estimate of drug-likeness (QED) is 0.834. The van der Waals surface area contributed by atoms with Crippen molar-refractivity contribution in [1.82, 2.24) is 4.90 Å². The van der Waals surface area contributed by atoms with E-state index in [1.807, 2.05) is 37.3 Å². The second-order valence-corrected chi connectivity index (χ2v) is 4.60. The summed E-state index contributed by atoms with van der Waals surface area (Å²) in [5, 5.41) is 0. The lowest BCUT2D eigenvalue weighted by Gasteiger charge is -2.25. The number of hydrogen-bond donors (Lipinski definition) is 0.